The molecule has 1 heterocycles. The van der Waals surface area contributed by atoms with Crippen LogP contribution in [0.1, 0.15) is 51.4 Å². The van der Waals surface area contributed by atoms with Gasteiger partial charge in [-0.3, -0.25) is 4.79 Å². The van der Waals surface area contributed by atoms with Gasteiger partial charge in [-0.2, -0.15) is 0 Å². The Morgan fingerprint density at radius 2 is 1.50 bits per heavy atom. The minimum Gasteiger partial charge on any atom is -0.463 e. The molecule has 0 radical (unpaired) electrons. The van der Waals surface area contributed by atoms with E-state index in [1.54, 1.807) is 32.1 Å². The molecule has 0 spiro atoms. The zero-order valence-electron chi connectivity index (χ0n) is 27.0. The molecule has 0 bridgehead atoms. The molecule has 1 aliphatic heterocycles. The topological polar surface area (TPSA) is 99.2 Å². The first kappa shape index (κ1) is 34.6. The molecule has 1 aliphatic rings. The fourth-order valence-corrected chi connectivity index (χ4v) is 8.00. The Hall–Kier alpha value is -4.29. The van der Waals surface area contributed by atoms with Gasteiger partial charge in [0.15, 0.2) is 0 Å². The number of hydrogen-bond acceptors (Lipinski definition) is 7. The number of carbonyl (C=O) groups excluding carboxylic acids is 4. The van der Waals surface area contributed by atoms with E-state index in [-0.39, 0.29) is 25.0 Å². The zero-order valence-corrected chi connectivity index (χ0v) is 27.9. The number of amides is 2. The van der Waals surface area contributed by atoms with Gasteiger partial charge in [-0.1, -0.05) is 106 Å². The van der Waals surface area contributed by atoms with Crippen LogP contribution in [0, 0.1) is 17.8 Å². The summed E-state index contributed by atoms with van der Waals surface area (Å²) in [6.45, 7) is 9.46. The lowest BCUT2D eigenvalue weighted by molar-refractivity contribution is -0.139. The monoisotopic (exact) mass is 643 g/mol. The van der Waals surface area contributed by atoms with E-state index >= 15 is 0 Å². The third kappa shape index (κ3) is 8.29. The lowest BCUT2D eigenvalue weighted by Crippen LogP contribution is -2.48. The number of esters is 2. The quantitative estimate of drug-likeness (QED) is 0.101. The van der Waals surface area contributed by atoms with Crippen molar-refractivity contribution < 1.29 is 33.4 Å². The molecule has 0 unspecified atom stereocenters. The summed E-state index contributed by atoms with van der Waals surface area (Å²) in [5.74, 6) is -2.79. The largest absolute Gasteiger partial charge is 0.463 e. The summed E-state index contributed by atoms with van der Waals surface area (Å²) in [7, 11) is -1.11. The van der Waals surface area contributed by atoms with Crippen LogP contribution in [-0.2, 0) is 23.8 Å². The Bertz CT molecular complexity index is 1490. The fraction of sp³-hybridized carbons (Fsp3) is 0.351. The number of imide groups is 1. The molecule has 3 aromatic carbocycles. The molecule has 2 amide bonds. The van der Waals surface area contributed by atoms with Crippen LogP contribution in [0.5, 0.6) is 0 Å². The van der Waals surface area contributed by atoms with Gasteiger partial charge in [0.25, 0.3) is 0 Å². The smallest absolute Gasteiger partial charge is 0.416 e. The van der Waals surface area contributed by atoms with Gasteiger partial charge in [-0.25, -0.2) is 19.3 Å². The number of carbonyl (C=O) groups is 4. The summed E-state index contributed by atoms with van der Waals surface area (Å²) in [5.41, 5.74) is 0.404. The van der Waals surface area contributed by atoms with Crippen molar-refractivity contribution in [3.63, 3.8) is 0 Å². The van der Waals surface area contributed by atoms with E-state index < -0.39 is 49.9 Å². The molecule has 242 valence electrons. The molecule has 0 saturated carbocycles. The lowest BCUT2D eigenvalue weighted by Gasteiger charge is -2.32. The van der Waals surface area contributed by atoms with Crippen molar-refractivity contribution in [2.24, 2.45) is 17.8 Å². The standard InChI is InChI=1S/C37H42NO7P/c1-6-43-33(39)23-15-16-26(4)34(27(5)35(40)38-31(25(2)3)24-44-37(38)42)45-36(41)30-21-13-14-22-32(30)46(28-17-9-7-10-18-28)29-19-11-8-12-20-29/h7-15,17-23,25-27,31,34H,6,16,24H2,1-5H3/b23-15+/t26-,27+,31-,34+/m0/s1. The third-order valence-corrected chi connectivity index (χ3v) is 10.5. The minimum atomic E-state index is -1.11. The van der Waals surface area contributed by atoms with Gasteiger partial charge >= 0.3 is 18.0 Å². The van der Waals surface area contributed by atoms with Crippen LogP contribution in [-0.4, -0.2) is 54.2 Å². The van der Waals surface area contributed by atoms with Crippen molar-refractivity contribution in [3.8, 4) is 0 Å². The van der Waals surface area contributed by atoms with Gasteiger partial charge in [0.05, 0.1) is 24.1 Å². The third-order valence-electron chi connectivity index (χ3n) is 8.04. The van der Waals surface area contributed by atoms with Crippen molar-refractivity contribution >= 4 is 47.8 Å². The lowest BCUT2D eigenvalue weighted by atomic mass is 9.89. The number of hydrogen-bond donors (Lipinski definition) is 0. The van der Waals surface area contributed by atoms with Gasteiger partial charge < -0.3 is 14.2 Å². The number of benzene rings is 3. The molecule has 0 aromatic heterocycles. The van der Waals surface area contributed by atoms with Crippen LogP contribution in [0.25, 0.3) is 0 Å². The van der Waals surface area contributed by atoms with Crippen molar-refractivity contribution in [2.45, 2.75) is 53.2 Å². The molecule has 4 atom stereocenters. The average molecular weight is 644 g/mol. The number of cyclic esters (lactones) is 1. The maximum Gasteiger partial charge on any atom is 0.416 e. The highest BCUT2D eigenvalue weighted by molar-refractivity contribution is 7.80. The van der Waals surface area contributed by atoms with Gasteiger partial charge in [0, 0.05) is 6.08 Å². The average Bonchev–Trinajstić information content (AvgIpc) is 3.45. The summed E-state index contributed by atoms with van der Waals surface area (Å²) in [6, 6.07) is 27.1. The Kier molecular flexibility index (Phi) is 12.3. The van der Waals surface area contributed by atoms with Crippen LogP contribution >= 0.6 is 7.92 Å². The van der Waals surface area contributed by atoms with Crippen LogP contribution in [0.15, 0.2) is 97.1 Å². The van der Waals surface area contributed by atoms with Gasteiger partial charge in [0.1, 0.15) is 12.7 Å². The molecule has 1 fully saturated rings. The predicted molar refractivity (Wildman–Crippen MR) is 180 cm³/mol. The predicted octanol–water partition coefficient (Wildman–Crippen LogP) is 5.76. The van der Waals surface area contributed by atoms with E-state index in [1.807, 2.05) is 69.3 Å². The fourth-order valence-electron chi connectivity index (χ4n) is 5.56. The molecular weight excluding hydrogens is 601 g/mol. The summed E-state index contributed by atoms with van der Waals surface area (Å²) < 4.78 is 16.5. The highest BCUT2D eigenvalue weighted by Crippen LogP contribution is 2.35. The van der Waals surface area contributed by atoms with Gasteiger partial charge in [0.2, 0.25) is 5.91 Å². The Balaban J connectivity index is 1.69. The van der Waals surface area contributed by atoms with E-state index in [9.17, 15) is 19.2 Å². The van der Waals surface area contributed by atoms with Crippen LogP contribution < -0.4 is 15.9 Å². The molecule has 1 saturated heterocycles. The van der Waals surface area contributed by atoms with E-state index in [0.717, 1.165) is 20.8 Å². The second-order valence-electron chi connectivity index (χ2n) is 11.6. The Morgan fingerprint density at radius 1 is 0.913 bits per heavy atom. The highest BCUT2D eigenvalue weighted by Gasteiger charge is 2.44. The van der Waals surface area contributed by atoms with E-state index in [2.05, 4.69) is 24.3 Å². The second-order valence-corrected chi connectivity index (χ2v) is 13.8. The Labute approximate surface area is 272 Å². The number of rotatable bonds is 13. The van der Waals surface area contributed by atoms with Crippen molar-refractivity contribution in [1.82, 2.24) is 4.90 Å². The molecule has 4 rings (SSSR count). The molecule has 8 nitrogen and oxygen atoms in total. The van der Waals surface area contributed by atoms with E-state index in [4.69, 9.17) is 14.2 Å². The normalized spacial score (nSPS) is 16.7. The summed E-state index contributed by atoms with van der Waals surface area (Å²) in [5, 5.41) is 2.98. The number of nitrogens with zero attached hydrogens (tertiary/aromatic N) is 1. The van der Waals surface area contributed by atoms with Crippen molar-refractivity contribution in [2.75, 3.05) is 13.2 Å². The van der Waals surface area contributed by atoms with E-state index in [1.165, 1.54) is 6.08 Å². The van der Waals surface area contributed by atoms with Crippen LogP contribution in [0.3, 0.4) is 0 Å². The second kappa shape index (κ2) is 16.3. The maximum absolute atomic E-state index is 14.2. The van der Waals surface area contributed by atoms with Crippen molar-refractivity contribution in [1.29, 1.82) is 0 Å². The molecule has 9 heteroatoms. The molecule has 0 N–H and O–H groups in total. The van der Waals surface area contributed by atoms with Crippen LogP contribution in [0.2, 0.25) is 0 Å². The summed E-state index contributed by atoms with van der Waals surface area (Å²) in [4.78, 5) is 53.9. The molecule has 46 heavy (non-hydrogen) atoms. The Morgan fingerprint density at radius 3 is 2.09 bits per heavy atom. The highest BCUT2D eigenvalue weighted by atomic mass is 31.1. The molecule has 0 aliphatic carbocycles. The first-order valence-electron chi connectivity index (χ1n) is 15.7. The van der Waals surface area contributed by atoms with E-state index in [0.29, 0.717) is 12.0 Å². The summed E-state index contributed by atoms with van der Waals surface area (Å²) >= 11 is 0. The molecular formula is C37H42NO7P. The number of ether oxygens (including phenoxy) is 3. The molecule has 3 aromatic rings. The van der Waals surface area contributed by atoms with Crippen molar-refractivity contribution in [3.05, 3.63) is 103 Å². The first-order chi connectivity index (χ1) is 22.1. The maximum atomic E-state index is 14.2. The van der Waals surface area contributed by atoms with Gasteiger partial charge in [-0.15, -0.1) is 0 Å². The van der Waals surface area contributed by atoms with Crippen LogP contribution in [0.4, 0.5) is 4.79 Å². The summed E-state index contributed by atoms with van der Waals surface area (Å²) in [6.07, 6.45) is 1.70. The zero-order chi connectivity index (χ0) is 33.2. The minimum absolute atomic E-state index is 0.0179. The number of allylic oxidation sites excluding steroid dienone is 1. The SMILES string of the molecule is CCOC(=O)/C=C/C[C@H](C)[C@@H](OC(=O)c1ccccc1P(c1ccccc1)c1ccccc1)[C@@H](C)C(=O)N1C(=O)OC[C@H]1C(C)C. The first-order valence-corrected chi connectivity index (χ1v) is 17.0. The van der Waals surface area contributed by atoms with Gasteiger partial charge in [-0.05, 0) is 62.0 Å².